The number of fused-ring (bicyclic) bond motifs is 2. The Morgan fingerprint density at radius 3 is 2.47 bits per heavy atom. The Labute approximate surface area is 255 Å². The van der Waals surface area contributed by atoms with Gasteiger partial charge in [-0.05, 0) is 51.0 Å². The van der Waals surface area contributed by atoms with Crippen LogP contribution in [0.3, 0.4) is 0 Å². The largest absolute Gasteiger partial charge is 0.508 e. The van der Waals surface area contributed by atoms with Crippen molar-refractivity contribution in [3.8, 4) is 11.5 Å². The molecule has 0 aliphatic carbocycles. The van der Waals surface area contributed by atoms with Crippen molar-refractivity contribution in [2.75, 3.05) is 19.5 Å². The maximum absolute atomic E-state index is 13.0. The molecule has 1 aliphatic rings. The average molecular weight is 603 g/mol. The number of anilines is 1. The van der Waals surface area contributed by atoms with Gasteiger partial charge in [0, 0.05) is 42.9 Å². The lowest BCUT2D eigenvalue weighted by Gasteiger charge is -2.29. The number of hydrogen-bond donors (Lipinski definition) is 5. The smallest absolute Gasteiger partial charge is 0.405 e. The van der Waals surface area contributed by atoms with Crippen molar-refractivity contribution in [3.05, 3.63) is 65.3 Å². The summed E-state index contributed by atoms with van der Waals surface area (Å²) in [5.41, 5.74) is 7.44. The van der Waals surface area contributed by atoms with Gasteiger partial charge in [-0.15, -0.1) is 6.58 Å². The van der Waals surface area contributed by atoms with Gasteiger partial charge < -0.3 is 40.6 Å². The second kappa shape index (κ2) is 17.5. The van der Waals surface area contributed by atoms with Gasteiger partial charge in [0.05, 0.1) is 17.9 Å². The maximum atomic E-state index is 13.0. The number of aliphatic hydroxyl groups is 1. The number of aliphatic hydroxyl groups excluding tert-OH is 1. The number of nitrogens with two attached hydrogens (primary N) is 1. The number of amides is 2. The molecule has 1 aliphatic heterocycles. The summed E-state index contributed by atoms with van der Waals surface area (Å²) in [5.74, 6) is -1.16. The highest BCUT2D eigenvalue weighted by Gasteiger charge is 2.30. The molecule has 2 amide bonds. The average Bonchev–Trinajstić information content (AvgIpc) is 2.94. The number of methoxy groups -OCH3 is 2. The van der Waals surface area contributed by atoms with Gasteiger partial charge in [0.2, 0.25) is 0 Å². The molecule has 6 N–H and O–H groups in total. The number of nitrogens with one attached hydrogen (secondary N) is 1. The van der Waals surface area contributed by atoms with Crippen LogP contribution in [0.15, 0.2) is 54.2 Å². The van der Waals surface area contributed by atoms with Gasteiger partial charge in [-0.25, -0.2) is 4.79 Å². The van der Waals surface area contributed by atoms with Gasteiger partial charge in [0.15, 0.2) is 6.10 Å². The van der Waals surface area contributed by atoms with Crippen LogP contribution in [0, 0.1) is 11.8 Å². The third-order valence-corrected chi connectivity index (χ3v) is 7.55. The van der Waals surface area contributed by atoms with E-state index in [1.807, 2.05) is 13.8 Å². The fourth-order valence-electron chi connectivity index (χ4n) is 5.20. The highest BCUT2D eigenvalue weighted by atomic mass is 16.6. The Bertz CT molecular complexity index is 1210. The molecule has 0 radical (unpaired) electrons. The van der Waals surface area contributed by atoms with Crippen molar-refractivity contribution in [2.45, 2.75) is 85.2 Å². The second-order valence-electron chi connectivity index (χ2n) is 10.9. The van der Waals surface area contributed by atoms with Crippen molar-refractivity contribution >= 4 is 17.7 Å². The number of hydrogen-bond acceptors (Lipinski definition) is 8. The fraction of sp³-hybridized carbons (Fsp3) is 0.515. The number of carbonyl (C=O) groups is 2. The Balaban J connectivity index is 0.00000924. The molecular formula is C33H50N2O8. The summed E-state index contributed by atoms with van der Waals surface area (Å²) < 4.78 is 16.6. The zero-order chi connectivity index (χ0) is 31.6. The fourth-order valence-corrected chi connectivity index (χ4v) is 5.20. The highest BCUT2D eigenvalue weighted by molar-refractivity contribution is 6.04. The molecule has 1 aromatic rings. The summed E-state index contributed by atoms with van der Waals surface area (Å²) in [6, 6.07) is 1.34. The lowest BCUT2D eigenvalue weighted by atomic mass is 9.86. The maximum Gasteiger partial charge on any atom is 0.405 e. The van der Waals surface area contributed by atoms with Gasteiger partial charge in [-0.1, -0.05) is 51.7 Å². The minimum atomic E-state index is -0.984. The number of allylic oxidation sites excluding steroid dienone is 3. The van der Waals surface area contributed by atoms with Crippen LogP contribution in [0.1, 0.15) is 59.1 Å². The van der Waals surface area contributed by atoms with Crippen LogP contribution in [0.5, 0.6) is 11.5 Å². The molecule has 240 valence electrons. The summed E-state index contributed by atoms with van der Waals surface area (Å²) >= 11 is 0. The molecule has 0 saturated heterocycles. The number of benzene rings is 1. The zero-order valence-corrected chi connectivity index (χ0v) is 25.4. The van der Waals surface area contributed by atoms with E-state index in [4.69, 9.17) is 19.9 Å². The van der Waals surface area contributed by atoms with E-state index >= 15 is 0 Å². The van der Waals surface area contributed by atoms with Crippen LogP contribution in [0.4, 0.5) is 10.5 Å². The second-order valence-corrected chi connectivity index (χ2v) is 10.9. The van der Waals surface area contributed by atoms with E-state index in [1.54, 1.807) is 44.2 Å². The normalized spacial score (nSPS) is 28.7. The minimum Gasteiger partial charge on any atom is -0.508 e. The molecule has 6 atom stereocenters. The summed E-state index contributed by atoms with van der Waals surface area (Å²) in [4.78, 5) is 24.8. The monoisotopic (exact) mass is 602 g/mol. The third-order valence-electron chi connectivity index (χ3n) is 7.55. The molecule has 0 aromatic heterocycles. The molecular weight excluding hydrogens is 552 g/mol. The standard InChI is InChI=1S/C32H46N2O8.CH4/c1-8-9-12-22-23-14-18(2)15-27(41-7)28(36)20(4)16-21(5)30(42-32(33)39)26(40-6)13-10-11-19(3)31(38)34-24(29(23)37)17-25(22)35;/h8,10-11,13,16-18,20,26-28,30,35-37H,1,9,12,14-15H2,2-7H3,(H2,33,39)(H,34,38);1H4/b13-10-,19-11+,21-16+;/t18-,20+,26+,27+,28-,30+;/m1./s1. The summed E-state index contributed by atoms with van der Waals surface area (Å²) in [7, 11) is 2.97. The van der Waals surface area contributed by atoms with E-state index < -0.39 is 42.3 Å². The molecule has 10 nitrogen and oxygen atoms in total. The van der Waals surface area contributed by atoms with Gasteiger partial charge >= 0.3 is 6.09 Å². The van der Waals surface area contributed by atoms with Crippen LogP contribution in [0.25, 0.3) is 0 Å². The number of primary amides is 1. The number of phenols is 2. The number of rotatable bonds is 6. The third kappa shape index (κ3) is 10.3. The van der Waals surface area contributed by atoms with Crippen molar-refractivity contribution in [1.82, 2.24) is 0 Å². The first kappa shape index (κ1) is 37.4. The predicted molar refractivity (Wildman–Crippen MR) is 169 cm³/mol. The first-order valence-corrected chi connectivity index (χ1v) is 14.1. The predicted octanol–water partition coefficient (Wildman–Crippen LogP) is 5.31. The number of ether oxygens (including phenoxy) is 3. The minimum absolute atomic E-state index is 0. The van der Waals surface area contributed by atoms with Gasteiger partial charge in [0.25, 0.3) is 5.91 Å². The van der Waals surface area contributed by atoms with Crippen LogP contribution in [-0.2, 0) is 31.8 Å². The molecule has 10 heteroatoms. The van der Waals surface area contributed by atoms with Gasteiger partial charge in [-0.3, -0.25) is 4.79 Å². The van der Waals surface area contributed by atoms with Gasteiger partial charge in [-0.2, -0.15) is 0 Å². The van der Waals surface area contributed by atoms with Crippen LogP contribution < -0.4 is 11.1 Å². The van der Waals surface area contributed by atoms with Gasteiger partial charge in [0.1, 0.15) is 17.6 Å². The Kier molecular flexibility index (Phi) is 15.2. The van der Waals surface area contributed by atoms with Crippen molar-refractivity contribution in [3.63, 3.8) is 0 Å². The van der Waals surface area contributed by atoms with E-state index in [9.17, 15) is 24.9 Å². The Hall–Kier alpha value is -3.60. The topological polar surface area (TPSA) is 161 Å². The van der Waals surface area contributed by atoms with Crippen molar-refractivity contribution in [2.24, 2.45) is 17.6 Å². The molecule has 0 unspecified atom stereocenters. The van der Waals surface area contributed by atoms with E-state index in [1.165, 1.54) is 20.3 Å². The van der Waals surface area contributed by atoms with E-state index in [0.717, 1.165) is 0 Å². The molecule has 1 aromatic carbocycles. The molecule has 0 spiro atoms. The van der Waals surface area contributed by atoms with E-state index in [0.29, 0.717) is 48.0 Å². The highest BCUT2D eigenvalue weighted by Crippen LogP contribution is 2.40. The first-order valence-electron chi connectivity index (χ1n) is 14.1. The first-order chi connectivity index (χ1) is 19.8. The lowest BCUT2D eigenvalue weighted by molar-refractivity contribution is -0.112. The summed E-state index contributed by atoms with van der Waals surface area (Å²) in [6.07, 6.45) is 5.97. The SMILES string of the molecule is C.C=CCCc1c(O)cc2c(O)c1C[C@@H](C)C[C@H](OC)[C@H](O)[C@@H](C)/C=C(\C)[C@H](OC(N)=O)[C@@H](OC)/C=C\C=C(/C)C(=O)N2. The summed E-state index contributed by atoms with van der Waals surface area (Å²) in [6.45, 7) is 10.9. The van der Waals surface area contributed by atoms with Crippen LogP contribution >= 0.6 is 0 Å². The van der Waals surface area contributed by atoms with Crippen LogP contribution in [0.2, 0.25) is 0 Å². The number of carbonyl (C=O) groups excluding carboxylic acids is 2. The molecule has 2 rings (SSSR count). The molecule has 0 saturated carbocycles. The summed E-state index contributed by atoms with van der Waals surface area (Å²) in [5, 5.41) is 36.1. The van der Waals surface area contributed by atoms with E-state index in [2.05, 4.69) is 11.9 Å². The number of phenolic OH excluding ortho intramolecular Hbond substituents is 2. The quantitative estimate of drug-likeness (QED) is 0.166. The van der Waals surface area contributed by atoms with Crippen molar-refractivity contribution in [1.29, 1.82) is 0 Å². The van der Waals surface area contributed by atoms with Crippen LogP contribution in [-0.4, -0.2) is 66.0 Å². The number of aromatic hydroxyl groups is 2. The zero-order valence-electron chi connectivity index (χ0n) is 25.4. The lowest BCUT2D eigenvalue weighted by Crippen LogP contribution is -2.37. The molecule has 43 heavy (non-hydrogen) atoms. The van der Waals surface area contributed by atoms with E-state index in [-0.39, 0.29) is 30.5 Å². The molecule has 2 bridgehead atoms. The Morgan fingerprint density at radius 1 is 1.21 bits per heavy atom. The Morgan fingerprint density at radius 2 is 1.88 bits per heavy atom. The molecule has 1 heterocycles. The molecule has 0 fully saturated rings. The van der Waals surface area contributed by atoms with Crippen molar-refractivity contribution < 1.29 is 39.1 Å².